The Hall–Kier alpha value is -2.80. The number of thiophene rings is 5. The molecule has 0 aliphatic heterocycles. The van der Waals surface area contributed by atoms with Crippen LogP contribution in [0.3, 0.4) is 0 Å². The number of para-hydroxylation sites is 2. The van der Waals surface area contributed by atoms with Crippen molar-refractivity contribution in [2.75, 3.05) is 6.66 Å². The Bertz CT molecular complexity index is 1960. The van der Waals surface area contributed by atoms with Gasteiger partial charge in [-0.2, -0.15) is 0 Å². The first-order valence-electron chi connectivity index (χ1n) is 13.3. The molecule has 0 saturated carbocycles. The molecule has 7 rings (SSSR count). The lowest BCUT2D eigenvalue weighted by molar-refractivity contribution is 0.515. The van der Waals surface area contributed by atoms with Crippen LogP contribution in [0.4, 0.5) is 0 Å². The van der Waals surface area contributed by atoms with Gasteiger partial charge >= 0.3 is 0 Å². The first-order chi connectivity index (χ1) is 21.1. The van der Waals surface area contributed by atoms with E-state index in [-0.39, 0.29) is 0 Å². The minimum atomic E-state index is -2.72. The fourth-order valence-electron chi connectivity index (χ4n) is 4.61. The van der Waals surface area contributed by atoms with Gasteiger partial charge in [0.05, 0.1) is 15.1 Å². The summed E-state index contributed by atoms with van der Waals surface area (Å²) in [7, 11) is -3.90. The highest BCUT2D eigenvalue weighted by Crippen LogP contribution is 2.50. The van der Waals surface area contributed by atoms with Crippen LogP contribution < -0.4 is 19.7 Å². The topological polar surface area (TPSA) is 35.5 Å². The largest absolute Gasteiger partial charge is 0.470 e. The lowest BCUT2D eigenvalue weighted by Crippen LogP contribution is -2.21. The average Bonchev–Trinajstić information content (AvgIpc) is 3.85. The summed E-state index contributed by atoms with van der Waals surface area (Å²) < 4.78 is 27.2. The highest BCUT2D eigenvalue weighted by atomic mass is 32.1. The summed E-state index contributed by atoms with van der Waals surface area (Å²) in [5, 5.41) is 5.96. The molecule has 2 unspecified atom stereocenters. The van der Waals surface area contributed by atoms with E-state index < -0.39 is 16.2 Å². The van der Waals surface area contributed by atoms with E-state index in [0.717, 1.165) is 35.9 Å². The monoisotopic (exact) mass is 690 g/mol. The van der Waals surface area contributed by atoms with Crippen molar-refractivity contribution in [3.63, 3.8) is 0 Å². The third-order valence-electron chi connectivity index (χ3n) is 6.53. The normalized spacial score (nSPS) is 12.7. The predicted octanol–water partition coefficient (Wildman–Crippen LogP) is 11.6. The van der Waals surface area contributed by atoms with Crippen LogP contribution in [0.5, 0.6) is 11.5 Å². The van der Waals surface area contributed by atoms with Crippen LogP contribution in [0.25, 0.3) is 39.0 Å². The third-order valence-corrected chi connectivity index (χ3v) is 15.8. The average molecular weight is 691 g/mol. The molecule has 0 fully saturated rings. The van der Waals surface area contributed by atoms with E-state index in [1.165, 1.54) is 19.5 Å². The second-order valence-corrected chi connectivity index (χ2v) is 17.4. The molecule has 0 amide bonds. The fraction of sp³-hybridized carbons (Fsp3) is 0.0303. The molecule has 0 bridgehead atoms. The van der Waals surface area contributed by atoms with Crippen LogP contribution in [0.1, 0.15) is 0 Å². The quantitative estimate of drug-likeness (QED) is 0.134. The summed E-state index contributed by atoms with van der Waals surface area (Å²) in [6.45, 7) is 2.11. The van der Waals surface area contributed by atoms with Crippen molar-refractivity contribution in [3.8, 4) is 50.5 Å². The Morgan fingerprint density at radius 1 is 0.558 bits per heavy atom. The van der Waals surface area contributed by atoms with Crippen molar-refractivity contribution >= 4 is 83.5 Å². The lowest BCUT2D eigenvalue weighted by Gasteiger charge is -2.17. The zero-order valence-electron chi connectivity index (χ0n) is 22.8. The number of hydrogen-bond donors (Lipinski definition) is 0. The van der Waals surface area contributed by atoms with E-state index in [9.17, 15) is 4.57 Å². The first kappa shape index (κ1) is 28.9. The van der Waals surface area contributed by atoms with Gasteiger partial charge < -0.3 is 9.05 Å². The van der Waals surface area contributed by atoms with E-state index >= 15 is 0 Å². The molecule has 214 valence electrons. The molecular formula is C33H24O3P2S5. The Morgan fingerprint density at radius 3 is 1.65 bits per heavy atom. The van der Waals surface area contributed by atoms with Crippen LogP contribution in [-0.2, 0) is 4.57 Å². The molecule has 0 aliphatic rings. The molecule has 2 aromatic carbocycles. The number of benzene rings is 2. The van der Waals surface area contributed by atoms with Crippen LogP contribution >= 0.6 is 72.9 Å². The Kier molecular flexibility index (Phi) is 8.79. The van der Waals surface area contributed by atoms with Crippen molar-refractivity contribution in [3.05, 3.63) is 120 Å². The molecular weight excluding hydrogens is 667 g/mol. The summed E-state index contributed by atoms with van der Waals surface area (Å²) >= 11 is 8.67. The molecule has 0 N–H and O–H groups in total. The summed E-state index contributed by atoms with van der Waals surface area (Å²) in [4.78, 5) is 9.22. The summed E-state index contributed by atoms with van der Waals surface area (Å²) in [6.07, 6.45) is 0. The zero-order valence-corrected chi connectivity index (χ0v) is 28.7. The molecule has 0 spiro atoms. The summed E-state index contributed by atoms with van der Waals surface area (Å²) in [5.74, 6) is 1.40. The van der Waals surface area contributed by atoms with Gasteiger partial charge in [0, 0.05) is 34.6 Å². The van der Waals surface area contributed by atoms with Crippen molar-refractivity contribution in [2.24, 2.45) is 0 Å². The van der Waals surface area contributed by atoms with Gasteiger partial charge in [-0.3, -0.25) is 4.57 Å². The number of hydrogen-bond acceptors (Lipinski definition) is 8. The van der Waals surface area contributed by atoms with Crippen molar-refractivity contribution < 1.29 is 13.6 Å². The van der Waals surface area contributed by atoms with Gasteiger partial charge in [-0.1, -0.05) is 48.5 Å². The molecule has 0 radical (unpaired) electrons. The molecule has 0 aliphatic carbocycles. The highest BCUT2D eigenvalue weighted by Gasteiger charge is 2.31. The van der Waals surface area contributed by atoms with Gasteiger partial charge in [0.15, 0.2) is 0 Å². The molecule has 0 saturated heterocycles. The van der Waals surface area contributed by atoms with Gasteiger partial charge in [0.25, 0.3) is 8.03 Å². The van der Waals surface area contributed by atoms with Gasteiger partial charge in [-0.15, -0.1) is 56.7 Å². The van der Waals surface area contributed by atoms with Crippen LogP contribution in [-0.4, -0.2) is 6.66 Å². The van der Waals surface area contributed by atoms with Crippen molar-refractivity contribution in [1.29, 1.82) is 0 Å². The lowest BCUT2D eigenvalue weighted by atomic mass is 10.3. The minimum Gasteiger partial charge on any atom is -0.470 e. The van der Waals surface area contributed by atoms with E-state index in [1.807, 2.05) is 60.7 Å². The van der Waals surface area contributed by atoms with E-state index in [2.05, 4.69) is 66.0 Å². The maximum Gasteiger partial charge on any atom is 0.268 e. The van der Waals surface area contributed by atoms with Gasteiger partial charge in [0.2, 0.25) is 0 Å². The smallest absolute Gasteiger partial charge is 0.268 e. The second kappa shape index (κ2) is 13.1. The van der Waals surface area contributed by atoms with Gasteiger partial charge in [-0.05, 0) is 78.1 Å². The van der Waals surface area contributed by atoms with Crippen LogP contribution in [0, 0.1) is 0 Å². The van der Waals surface area contributed by atoms with Gasteiger partial charge in [0.1, 0.15) is 19.6 Å². The molecule has 2 atom stereocenters. The van der Waals surface area contributed by atoms with Gasteiger partial charge in [-0.25, -0.2) is 0 Å². The highest BCUT2D eigenvalue weighted by molar-refractivity contribution is 7.65. The number of rotatable bonds is 10. The Balaban J connectivity index is 1.40. The fourth-order valence-corrected chi connectivity index (χ4v) is 14.1. The van der Waals surface area contributed by atoms with Crippen molar-refractivity contribution in [2.45, 2.75) is 0 Å². The minimum absolute atomic E-state index is 0.599. The molecule has 3 nitrogen and oxygen atoms in total. The van der Waals surface area contributed by atoms with Crippen molar-refractivity contribution in [1.82, 2.24) is 0 Å². The standard InChI is InChI=1S/C33H24O3P2S5/c1-37(35-22-10-4-2-5-11-22)30-31(38(34)36-23-12-6-3-7-13-23)33(29-19-17-27(42-29)25-15-9-21-40-25)43-32(30)28-18-16-26(41-28)24-14-8-20-39-24/h2-21,38H,1H3. The molecule has 43 heavy (non-hydrogen) atoms. The maximum atomic E-state index is 14.4. The third kappa shape index (κ3) is 6.25. The van der Waals surface area contributed by atoms with E-state index in [4.69, 9.17) is 9.05 Å². The zero-order chi connectivity index (χ0) is 29.2. The molecule has 5 heterocycles. The summed E-state index contributed by atoms with van der Waals surface area (Å²) in [5.41, 5.74) is 0. The van der Waals surface area contributed by atoms with E-state index in [1.54, 1.807) is 56.7 Å². The Morgan fingerprint density at radius 2 is 1.09 bits per heavy atom. The first-order valence-corrected chi connectivity index (χ1v) is 20.6. The van der Waals surface area contributed by atoms with E-state index in [0.29, 0.717) is 5.75 Å². The molecule has 7 aromatic rings. The van der Waals surface area contributed by atoms with Crippen LogP contribution in [0.2, 0.25) is 0 Å². The molecule has 5 aromatic heterocycles. The predicted molar refractivity (Wildman–Crippen MR) is 193 cm³/mol. The second-order valence-electron chi connectivity index (χ2n) is 9.37. The summed E-state index contributed by atoms with van der Waals surface area (Å²) in [6, 6.07) is 36.5. The SMILES string of the molecule is CP(Oc1ccccc1)c1c(-c2ccc(-c3cccs3)s2)sc(-c2ccc(-c3cccs3)s2)c1[PH](=O)Oc1ccccc1. The maximum absolute atomic E-state index is 14.4. The Labute approximate surface area is 272 Å². The molecule has 10 heteroatoms. The van der Waals surface area contributed by atoms with Crippen LogP contribution in [0.15, 0.2) is 120 Å².